The first-order chi connectivity index (χ1) is 5.01. The van der Waals surface area contributed by atoms with E-state index in [1.54, 1.807) is 4.90 Å². The third kappa shape index (κ3) is 2.60. The fourth-order valence-electron chi connectivity index (χ4n) is 1.31. The van der Waals surface area contributed by atoms with Crippen LogP contribution in [0, 0.1) is 0 Å². The molecule has 1 saturated heterocycles. The van der Waals surface area contributed by atoms with Gasteiger partial charge in [-0.15, -0.1) is 0 Å². The van der Waals surface area contributed by atoms with Crippen molar-refractivity contribution in [1.29, 1.82) is 0 Å². The number of hydrogen-bond acceptors (Lipinski definition) is 2. The van der Waals surface area contributed by atoms with E-state index in [0.29, 0.717) is 6.42 Å². The van der Waals surface area contributed by atoms with Crippen molar-refractivity contribution in [3.05, 3.63) is 0 Å². The number of piperidine rings is 1. The van der Waals surface area contributed by atoms with Crippen molar-refractivity contribution >= 4 is 12.6 Å². The van der Waals surface area contributed by atoms with E-state index >= 15 is 0 Å². The summed E-state index contributed by atoms with van der Waals surface area (Å²) in [6.07, 6.45) is 0.613. The summed E-state index contributed by atoms with van der Waals surface area (Å²) in [5.74, 6) is -2.49. The predicted molar refractivity (Wildman–Crippen MR) is 44.2 cm³/mol. The van der Waals surface area contributed by atoms with Crippen LogP contribution < -0.4 is 0 Å². The molecule has 0 spiro atoms. The molecule has 1 rings (SSSR count). The molecule has 0 aromatic carbocycles. The summed E-state index contributed by atoms with van der Waals surface area (Å²) in [6, 6.07) is 0. The van der Waals surface area contributed by atoms with Gasteiger partial charge >= 0.3 is 0 Å². The molecule has 11 heavy (non-hydrogen) atoms. The van der Waals surface area contributed by atoms with Crippen LogP contribution in [0.4, 0.5) is 8.78 Å². The van der Waals surface area contributed by atoms with E-state index in [-0.39, 0.29) is 18.3 Å². The smallest absolute Gasteiger partial charge is 0.260 e. The second-order valence-electron chi connectivity index (χ2n) is 3.06. The second-order valence-corrected chi connectivity index (χ2v) is 3.81. The van der Waals surface area contributed by atoms with Crippen LogP contribution >= 0.6 is 12.6 Å². The summed E-state index contributed by atoms with van der Waals surface area (Å²) in [5.41, 5.74) is 0. The lowest BCUT2D eigenvalue weighted by molar-refractivity contribution is -0.0653. The van der Waals surface area contributed by atoms with Gasteiger partial charge in [0, 0.05) is 6.42 Å². The van der Waals surface area contributed by atoms with Gasteiger partial charge in [-0.3, -0.25) is 4.90 Å². The van der Waals surface area contributed by atoms with Crippen molar-refractivity contribution in [2.45, 2.75) is 31.1 Å². The quantitative estimate of drug-likeness (QED) is 0.605. The zero-order chi connectivity index (χ0) is 8.48. The molecule has 1 atom stereocenters. The van der Waals surface area contributed by atoms with Crippen LogP contribution in [0.3, 0.4) is 0 Å². The first-order valence-electron chi connectivity index (χ1n) is 3.81. The fourth-order valence-corrected chi connectivity index (χ4v) is 1.51. The van der Waals surface area contributed by atoms with Crippen LogP contribution in [0.1, 0.15) is 19.8 Å². The van der Waals surface area contributed by atoms with E-state index in [1.807, 2.05) is 6.92 Å². The molecule has 0 bridgehead atoms. The SMILES string of the molecule is CC(S)N1CCCC(F)(F)C1. The molecule has 0 amide bonds. The lowest BCUT2D eigenvalue weighted by Crippen LogP contribution is -2.45. The lowest BCUT2D eigenvalue weighted by atomic mass is 10.1. The zero-order valence-electron chi connectivity index (χ0n) is 6.56. The van der Waals surface area contributed by atoms with E-state index in [0.717, 1.165) is 6.54 Å². The van der Waals surface area contributed by atoms with E-state index in [2.05, 4.69) is 12.6 Å². The Bertz CT molecular complexity index is 138. The predicted octanol–water partition coefficient (Wildman–Crippen LogP) is 1.99. The van der Waals surface area contributed by atoms with Crippen LogP contribution in [0.2, 0.25) is 0 Å². The summed E-state index contributed by atoms with van der Waals surface area (Å²) in [5, 5.41) is -0.0545. The third-order valence-corrected chi connectivity index (χ3v) is 2.28. The van der Waals surface area contributed by atoms with E-state index in [4.69, 9.17) is 0 Å². The van der Waals surface area contributed by atoms with Gasteiger partial charge in [0.1, 0.15) is 0 Å². The molecule has 1 heterocycles. The summed E-state index contributed by atoms with van der Waals surface area (Å²) >= 11 is 4.11. The van der Waals surface area contributed by atoms with Crippen molar-refractivity contribution in [2.75, 3.05) is 13.1 Å². The van der Waals surface area contributed by atoms with Gasteiger partial charge in [-0.05, 0) is 19.9 Å². The molecule has 1 unspecified atom stereocenters. The van der Waals surface area contributed by atoms with Gasteiger partial charge in [-0.25, -0.2) is 8.78 Å². The molecule has 66 valence electrons. The Balaban J connectivity index is 2.46. The largest absolute Gasteiger partial charge is 0.286 e. The maximum atomic E-state index is 12.7. The van der Waals surface area contributed by atoms with Crippen molar-refractivity contribution in [1.82, 2.24) is 4.90 Å². The highest BCUT2D eigenvalue weighted by Crippen LogP contribution is 2.27. The molecule has 0 saturated carbocycles. The van der Waals surface area contributed by atoms with Gasteiger partial charge in [-0.1, -0.05) is 0 Å². The van der Waals surface area contributed by atoms with Gasteiger partial charge < -0.3 is 0 Å². The van der Waals surface area contributed by atoms with Gasteiger partial charge in [0.05, 0.1) is 11.9 Å². The normalized spacial score (nSPS) is 28.4. The Morgan fingerprint density at radius 3 is 2.55 bits per heavy atom. The topological polar surface area (TPSA) is 3.24 Å². The van der Waals surface area contributed by atoms with Crippen molar-refractivity contribution in [3.8, 4) is 0 Å². The minimum atomic E-state index is -2.49. The van der Waals surface area contributed by atoms with Crippen molar-refractivity contribution in [2.24, 2.45) is 0 Å². The van der Waals surface area contributed by atoms with Crippen LogP contribution in [-0.4, -0.2) is 29.3 Å². The summed E-state index contributed by atoms with van der Waals surface area (Å²) in [6.45, 7) is 2.45. The minimum Gasteiger partial charge on any atom is -0.286 e. The van der Waals surface area contributed by atoms with Gasteiger partial charge in [0.15, 0.2) is 0 Å². The molecule has 0 aliphatic carbocycles. The molecule has 1 fully saturated rings. The lowest BCUT2D eigenvalue weighted by Gasteiger charge is -2.34. The van der Waals surface area contributed by atoms with Gasteiger partial charge in [0.2, 0.25) is 0 Å². The molecule has 0 aromatic heterocycles. The minimum absolute atomic E-state index is 0.0317. The average Bonchev–Trinajstić information content (AvgIpc) is 1.85. The molecular weight excluding hydrogens is 168 g/mol. The molecule has 1 nitrogen and oxygen atoms in total. The van der Waals surface area contributed by atoms with E-state index in [9.17, 15) is 8.78 Å². The van der Waals surface area contributed by atoms with Gasteiger partial charge in [0.25, 0.3) is 5.92 Å². The highest BCUT2D eigenvalue weighted by Gasteiger charge is 2.35. The Morgan fingerprint density at radius 1 is 1.55 bits per heavy atom. The van der Waals surface area contributed by atoms with Crippen LogP contribution in [0.5, 0.6) is 0 Å². The Hall–Kier alpha value is 0.170. The van der Waals surface area contributed by atoms with Crippen molar-refractivity contribution < 1.29 is 8.78 Å². The Labute approximate surface area is 71.2 Å². The maximum absolute atomic E-state index is 12.7. The highest BCUT2D eigenvalue weighted by atomic mass is 32.1. The zero-order valence-corrected chi connectivity index (χ0v) is 7.45. The number of hydrogen-bond donors (Lipinski definition) is 1. The summed E-state index contributed by atoms with van der Waals surface area (Å²) in [4.78, 5) is 1.70. The standard InChI is InChI=1S/C7H13F2NS/c1-6(11)10-4-2-3-7(8,9)5-10/h6,11H,2-5H2,1H3. The van der Waals surface area contributed by atoms with E-state index in [1.165, 1.54) is 0 Å². The molecule has 0 radical (unpaired) electrons. The highest BCUT2D eigenvalue weighted by molar-refractivity contribution is 7.80. The van der Waals surface area contributed by atoms with Crippen molar-refractivity contribution in [3.63, 3.8) is 0 Å². The molecule has 1 aliphatic heterocycles. The number of rotatable bonds is 1. The summed E-state index contributed by atoms with van der Waals surface area (Å²) < 4.78 is 25.5. The first kappa shape index (κ1) is 9.26. The third-order valence-electron chi connectivity index (χ3n) is 1.95. The number of nitrogens with zero attached hydrogens (tertiary/aromatic N) is 1. The molecule has 0 N–H and O–H groups in total. The number of thiol groups is 1. The fraction of sp³-hybridized carbons (Fsp3) is 1.00. The molecule has 4 heteroatoms. The van der Waals surface area contributed by atoms with E-state index < -0.39 is 5.92 Å². The maximum Gasteiger partial charge on any atom is 0.260 e. The average molecular weight is 181 g/mol. The number of likely N-dealkylation sites (tertiary alicyclic amines) is 1. The summed E-state index contributed by atoms with van der Waals surface area (Å²) in [7, 11) is 0. The Morgan fingerprint density at radius 2 is 2.18 bits per heavy atom. The Kier molecular flexibility index (Phi) is 2.75. The second kappa shape index (κ2) is 3.27. The number of halogens is 2. The van der Waals surface area contributed by atoms with Crippen LogP contribution in [0.25, 0.3) is 0 Å². The monoisotopic (exact) mass is 181 g/mol. The van der Waals surface area contributed by atoms with Crippen LogP contribution in [-0.2, 0) is 0 Å². The first-order valence-corrected chi connectivity index (χ1v) is 4.33. The van der Waals surface area contributed by atoms with Crippen LogP contribution in [0.15, 0.2) is 0 Å². The molecule has 0 aromatic rings. The molecule has 1 aliphatic rings. The molecular formula is C7H13F2NS. The number of alkyl halides is 2. The van der Waals surface area contributed by atoms with Gasteiger partial charge in [-0.2, -0.15) is 12.6 Å².